The third-order valence-corrected chi connectivity index (χ3v) is 6.68. The first-order valence-electron chi connectivity index (χ1n) is 9.02. The molecular weight excluding hydrogens is 405 g/mol. The second-order valence-corrected chi connectivity index (χ2v) is 9.04. The molecule has 3 atom stereocenters. The standard InChI is InChI=1S/C20H21F3N2O3S/c1-25(2)20(26)17-11-15(10-16(17)12-3-5-13(21)6-4-12)24-29(27,28)19-8-7-14(22)9-18(19)23/h3-9,15-17,24H,10-11H2,1-2H3/t15-,16+,17-/m0/s1. The summed E-state index contributed by atoms with van der Waals surface area (Å²) in [6, 6.07) is 7.33. The first kappa shape index (κ1) is 21.3. The molecule has 29 heavy (non-hydrogen) atoms. The number of hydrogen-bond acceptors (Lipinski definition) is 3. The number of sulfonamides is 1. The van der Waals surface area contributed by atoms with Gasteiger partial charge in [0.2, 0.25) is 15.9 Å². The van der Waals surface area contributed by atoms with Crippen molar-refractivity contribution in [2.24, 2.45) is 5.92 Å². The van der Waals surface area contributed by atoms with Gasteiger partial charge in [-0.05, 0) is 48.6 Å². The van der Waals surface area contributed by atoms with E-state index in [0.717, 1.165) is 17.7 Å². The van der Waals surface area contributed by atoms with E-state index in [4.69, 9.17) is 0 Å². The van der Waals surface area contributed by atoms with Gasteiger partial charge >= 0.3 is 0 Å². The van der Waals surface area contributed by atoms with Gasteiger partial charge in [0.05, 0.1) is 0 Å². The van der Waals surface area contributed by atoms with Gasteiger partial charge in [0, 0.05) is 32.1 Å². The van der Waals surface area contributed by atoms with Gasteiger partial charge in [-0.15, -0.1) is 0 Å². The molecule has 1 fully saturated rings. The van der Waals surface area contributed by atoms with Gasteiger partial charge in [-0.3, -0.25) is 4.79 Å². The summed E-state index contributed by atoms with van der Waals surface area (Å²) in [5.74, 6) is -3.49. The highest BCUT2D eigenvalue weighted by Gasteiger charge is 2.41. The fourth-order valence-corrected chi connectivity index (χ4v) is 5.11. The summed E-state index contributed by atoms with van der Waals surface area (Å²) in [6.45, 7) is 0. The van der Waals surface area contributed by atoms with Crippen molar-refractivity contribution in [3.05, 3.63) is 65.5 Å². The molecule has 1 aliphatic rings. The highest BCUT2D eigenvalue weighted by Crippen LogP contribution is 2.41. The molecule has 0 bridgehead atoms. The summed E-state index contributed by atoms with van der Waals surface area (Å²) >= 11 is 0. The molecule has 0 saturated heterocycles. The number of rotatable bonds is 5. The lowest BCUT2D eigenvalue weighted by molar-refractivity contribution is -0.133. The maximum Gasteiger partial charge on any atom is 0.243 e. The largest absolute Gasteiger partial charge is 0.349 e. The SMILES string of the molecule is CN(C)C(=O)[C@H]1C[C@@H](NS(=O)(=O)c2ccc(F)cc2F)C[C@@H]1c1ccc(F)cc1. The predicted molar refractivity (Wildman–Crippen MR) is 101 cm³/mol. The van der Waals surface area contributed by atoms with E-state index in [1.165, 1.54) is 17.0 Å². The molecule has 0 aromatic heterocycles. The van der Waals surface area contributed by atoms with Crippen LogP contribution in [0.3, 0.4) is 0 Å². The molecule has 3 rings (SSSR count). The minimum atomic E-state index is -4.25. The molecule has 2 aromatic carbocycles. The summed E-state index contributed by atoms with van der Waals surface area (Å²) in [6.07, 6.45) is 0.499. The number of nitrogens with zero attached hydrogens (tertiary/aromatic N) is 1. The molecule has 1 saturated carbocycles. The van der Waals surface area contributed by atoms with Crippen molar-refractivity contribution in [3.63, 3.8) is 0 Å². The molecule has 0 spiro atoms. The van der Waals surface area contributed by atoms with Gasteiger partial charge in [0.25, 0.3) is 0 Å². The summed E-state index contributed by atoms with van der Waals surface area (Å²) in [7, 11) is -1.04. The van der Waals surface area contributed by atoms with Crippen LogP contribution >= 0.6 is 0 Å². The van der Waals surface area contributed by atoms with Crippen LogP contribution in [0.5, 0.6) is 0 Å². The predicted octanol–water partition coefficient (Wildman–Crippen LogP) is 3.03. The van der Waals surface area contributed by atoms with E-state index in [0.29, 0.717) is 6.07 Å². The Bertz CT molecular complexity index is 1010. The van der Waals surface area contributed by atoms with Crippen molar-refractivity contribution >= 4 is 15.9 Å². The third kappa shape index (κ3) is 4.62. The average molecular weight is 426 g/mol. The van der Waals surface area contributed by atoms with Gasteiger partial charge in [-0.25, -0.2) is 26.3 Å². The number of benzene rings is 2. The number of carbonyl (C=O) groups is 1. The Morgan fingerprint density at radius 3 is 2.21 bits per heavy atom. The first-order valence-corrected chi connectivity index (χ1v) is 10.5. The minimum Gasteiger partial charge on any atom is -0.349 e. The molecular formula is C20H21F3N2O3S. The van der Waals surface area contributed by atoms with Crippen molar-refractivity contribution in [1.29, 1.82) is 0 Å². The molecule has 1 aliphatic carbocycles. The summed E-state index contributed by atoms with van der Waals surface area (Å²) < 4.78 is 68.0. The number of amides is 1. The Hall–Kier alpha value is -2.39. The molecule has 0 unspecified atom stereocenters. The maximum atomic E-state index is 14.0. The van der Waals surface area contributed by atoms with Crippen molar-refractivity contribution in [3.8, 4) is 0 Å². The molecule has 1 N–H and O–H groups in total. The van der Waals surface area contributed by atoms with Crippen LogP contribution in [0.1, 0.15) is 24.3 Å². The number of carbonyl (C=O) groups excluding carboxylic acids is 1. The van der Waals surface area contributed by atoms with Crippen LogP contribution in [0.25, 0.3) is 0 Å². The Morgan fingerprint density at radius 1 is 1.00 bits per heavy atom. The quantitative estimate of drug-likeness (QED) is 0.799. The maximum absolute atomic E-state index is 14.0. The lowest BCUT2D eigenvalue weighted by Gasteiger charge is -2.22. The van der Waals surface area contributed by atoms with E-state index >= 15 is 0 Å². The van der Waals surface area contributed by atoms with Crippen LogP contribution < -0.4 is 4.72 Å². The zero-order valence-corrected chi connectivity index (χ0v) is 16.7. The molecule has 0 heterocycles. The Labute approximate surface area is 167 Å². The Kier molecular flexibility index (Phi) is 6.00. The van der Waals surface area contributed by atoms with Crippen molar-refractivity contribution < 1.29 is 26.4 Å². The monoisotopic (exact) mass is 426 g/mol. The molecule has 0 aliphatic heterocycles. The zero-order valence-electron chi connectivity index (χ0n) is 15.9. The Balaban J connectivity index is 1.87. The second-order valence-electron chi connectivity index (χ2n) is 7.36. The molecule has 5 nitrogen and oxygen atoms in total. The van der Waals surface area contributed by atoms with Crippen molar-refractivity contribution in [2.45, 2.75) is 29.7 Å². The topological polar surface area (TPSA) is 66.5 Å². The Morgan fingerprint density at radius 2 is 1.62 bits per heavy atom. The molecule has 156 valence electrons. The van der Waals surface area contributed by atoms with Gasteiger partial charge in [-0.2, -0.15) is 0 Å². The van der Waals surface area contributed by atoms with E-state index < -0.39 is 44.3 Å². The van der Waals surface area contributed by atoms with Crippen LogP contribution in [-0.4, -0.2) is 39.4 Å². The van der Waals surface area contributed by atoms with Crippen LogP contribution in [0.15, 0.2) is 47.4 Å². The number of hydrogen-bond donors (Lipinski definition) is 1. The third-order valence-electron chi connectivity index (χ3n) is 5.12. The highest BCUT2D eigenvalue weighted by atomic mass is 32.2. The van der Waals surface area contributed by atoms with Crippen molar-refractivity contribution in [2.75, 3.05) is 14.1 Å². The normalized spacial score (nSPS) is 21.9. The minimum absolute atomic E-state index is 0.172. The summed E-state index contributed by atoms with van der Waals surface area (Å²) in [5, 5.41) is 0. The first-order chi connectivity index (χ1) is 13.6. The van der Waals surface area contributed by atoms with Crippen LogP contribution in [0, 0.1) is 23.4 Å². The lowest BCUT2D eigenvalue weighted by atomic mass is 9.88. The summed E-state index contributed by atoms with van der Waals surface area (Å²) in [4.78, 5) is 13.4. The van der Waals surface area contributed by atoms with Gasteiger partial charge in [0.1, 0.15) is 22.3 Å². The van der Waals surface area contributed by atoms with E-state index in [1.807, 2.05) is 0 Å². The second kappa shape index (κ2) is 8.16. The molecule has 9 heteroatoms. The average Bonchev–Trinajstić information content (AvgIpc) is 3.04. The molecule has 2 aromatic rings. The molecule has 0 radical (unpaired) electrons. The number of halogens is 3. The van der Waals surface area contributed by atoms with E-state index in [-0.39, 0.29) is 24.7 Å². The number of nitrogens with one attached hydrogen (secondary N) is 1. The molecule has 1 amide bonds. The highest BCUT2D eigenvalue weighted by molar-refractivity contribution is 7.89. The van der Waals surface area contributed by atoms with Crippen LogP contribution in [0.4, 0.5) is 13.2 Å². The van der Waals surface area contributed by atoms with E-state index in [2.05, 4.69) is 4.72 Å². The lowest BCUT2D eigenvalue weighted by Crippen LogP contribution is -2.35. The van der Waals surface area contributed by atoms with E-state index in [1.54, 1.807) is 26.2 Å². The van der Waals surface area contributed by atoms with Crippen LogP contribution in [0.2, 0.25) is 0 Å². The van der Waals surface area contributed by atoms with Gasteiger partial charge in [0.15, 0.2) is 0 Å². The summed E-state index contributed by atoms with van der Waals surface area (Å²) in [5.41, 5.74) is 0.723. The van der Waals surface area contributed by atoms with Gasteiger partial charge < -0.3 is 4.90 Å². The smallest absolute Gasteiger partial charge is 0.243 e. The van der Waals surface area contributed by atoms with Crippen LogP contribution in [-0.2, 0) is 14.8 Å². The van der Waals surface area contributed by atoms with Gasteiger partial charge in [-0.1, -0.05) is 12.1 Å². The fourth-order valence-electron chi connectivity index (χ4n) is 3.79. The van der Waals surface area contributed by atoms with E-state index in [9.17, 15) is 26.4 Å². The zero-order chi connectivity index (χ0) is 21.3. The van der Waals surface area contributed by atoms with Crippen molar-refractivity contribution in [1.82, 2.24) is 9.62 Å². The fraction of sp³-hybridized carbons (Fsp3) is 0.350.